The Balaban J connectivity index is 1.82. The molecule has 0 aromatic heterocycles. The molecule has 7 nitrogen and oxygen atoms in total. The number of rotatable bonds is 13. The third-order valence-corrected chi connectivity index (χ3v) is 9.71. The highest BCUT2D eigenvalue weighted by molar-refractivity contribution is 7.92. The van der Waals surface area contributed by atoms with E-state index in [2.05, 4.69) is 5.32 Å². The fourth-order valence-corrected chi connectivity index (χ4v) is 6.68. The second-order valence-electron chi connectivity index (χ2n) is 10.5. The minimum atomic E-state index is -4.35. The summed E-state index contributed by atoms with van der Waals surface area (Å²) in [6, 6.07) is 24.1. The number of hydrogen-bond acceptors (Lipinski definition) is 4. The van der Waals surface area contributed by atoms with Gasteiger partial charge in [-0.1, -0.05) is 84.2 Å². The van der Waals surface area contributed by atoms with Gasteiger partial charge in [0, 0.05) is 35.1 Å². The van der Waals surface area contributed by atoms with Crippen LogP contribution >= 0.6 is 23.2 Å². The molecule has 0 radical (unpaired) electrons. The highest BCUT2D eigenvalue weighted by Gasteiger charge is 2.35. The molecule has 11 heteroatoms. The lowest BCUT2D eigenvalue weighted by atomic mass is 10.0. The predicted octanol–water partition coefficient (Wildman–Crippen LogP) is 6.80. The van der Waals surface area contributed by atoms with E-state index in [0.717, 1.165) is 39.7 Å². The second kappa shape index (κ2) is 15.4. The maximum atomic E-state index is 14.5. The van der Waals surface area contributed by atoms with E-state index in [1.54, 1.807) is 42.5 Å². The Labute approximate surface area is 273 Å². The average Bonchev–Trinajstić information content (AvgIpc) is 3.02. The topological polar surface area (TPSA) is 86.8 Å². The molecule has 1 atom stereocenters. The van der Waals surface area contributed by atoms with Gasteiger partial charge in [-0.25, -0.2) is 12.8 Å². The first kappa shape index (κ1) is 34.0. The molecule has 0 fully saturated rings. The minimum Gasteiger partial charge on any atom is -0.354 e. The fourth-order valence-electron chi connectivity index (χ4n) is 4.75. The summed E-state index contributed by atoms with van der Waals surface area (Å²) < 4.78 is 42.7. The molecule has 0 spiro atoms. The Morgan fingerprint density at radius 1 is 0.867 bits per heavy atom. The van der Waals surface area contributed by atoms with E-state index < -0.39 is 40.2 Å². The summed E-state index contributed by atoms with van der Waals surface area (Å²) in [6.07, 6.45) is 0.824. The monoisotopic (exact) mass is 669 g/mol. The first-order chi connectivity index (χ1) is 21.5. The summed E-state index contributed by atoms with van der Waals surface area (Å²) in [6.45, 7) is 3.34. The average molecular weight is 671 g/mol. The number of nitrogens with one attached hydrogen (secondary N) is 1. The van der Waals surface area contributed by atoms with Gasteiger partial charge in [-0.2, -0.15) is 0 Å². The van der Waals surface area contributed by atoms with E-state index >= 15 is 0 Å². The highest BCUT2D eigenvalue weighted by atomic mass is 35.5. The summed E-state index contributed by atoms with van der Waals surface area (Å²) in [5, 5.41) is 3.48. The SMILES string of the molecule is CCCNC(=O)[C@@H](Cc1ccccc1)N(Cc1c(Cl)cccc1Cl)C(=O)CN(c1ccc(C)cc1)S(=O)(=O)c1ccc(F)cc1. The van der Waals surface area contributed by atoms with Crippen LogP contribution in [0, 0.1) is 12.7 Å². The van der Waals surface area contributed by atoms with Crippen molar-refractivity contribution in [3.63, 3.8) is 0 Å². The van der Waals surface area contributed by atoms with Gasteiger partial charge in [0.2, 0.25) is 11.8 Å². The van der Waals surface area contributed by atoms with Gasteiger partial charge >= 0.3 is 0 Å². The van der Waals surface area contributed by atoms with Crippen LogP contribution in [0.2, 0.25) is 10.0 Å². The third kappa shape index (κ3) is 8.63. The summed E-state index contributed by atoms with van der Waals surface area (Å²) in [5.41, 5.74) is 2.32. The number of carbonyl (C=O) groups is 2. The molecule has 0 aliphatic rings. The van der Waals surface area contributed by atoms with Crippen LogP contribution in [0.4, 0.5) is 10.1 Å². The zero-order valence-corrected chi connectivity index (χ0v) is 27.2. The molecule has 1 N–H and O–H groups in total. The molecule has 4 aromatic rings. The van der Waals surface area contributed by atoms with Gasteiger partial charge in [-0.05, 0) is 67.4 Å². The Morgan fingerprint density at radius 3 is 2.09 bits per heavy atom. The van der Waals surface area contributed by atoms with Crippen molar-refractivity contribution < 1.29 is 22.4 Å². The van der Waals surface area contributed by atoms with Crippen molar-refractivity contribution in [3.05, 3.63) is 130 Å². The molecule has 236 valence electrons. The van der Waals surface area contributed by atoms with Crippen molar-refractivity contribution in [2.24, 2.45) is 0 Å². The summed E-state index contributed by atoms with van der Waals surface area (Å²) in [5.74, 6) is -1.66. The molecule has 0 aliphatic heterocycles. The van der Waals surface area contributed by atoms with Crippen molar-refractivity contribution in [2.45, 2.75) is 44.2 Å². The number of nitrogens with zero attached hydrogens (tertiary/aromatic N) is 2. The van der Waals surface area contributed by atoms with E-state index in [-0.39, 0.29) is 23.5 Å². The molecule has 0 saturated heterocycles. The van der Waals surface area contributed by atoms with Crippen LogP contribution in [0.25, 0.3) is 0 Å². The number of sulfonamides is 1. The molecule has 0 bridgehead atoms. The molecule has 4 aromatic carbocycles. The molecule has 0 unspecified atom stereocenters. The van der Waals surface area contributed by atoms with Gasteiger partial charge in [-0.15, -0.1) is 0 Å². The van der Waals surface area contributed by atoms with Crippen molar-refractivity contribution in [3.8, 4) is 0 Å². The summed E-state index contributed by atoms with van der Waals surface area (Å²) >= 11 is 13.1. The fraction of sp³-hybridized carbons (Fsp3) is 0.235. The van der Waals surface area contributed by atoms with Crippen LogP contribution in [-0.4, -0.2) is 44.3 Å². The van der Waals surface area contributed by atoms with Gasteiger partial charge in [-0.3, -0.25) is 13.9 Å². The number of hydrogen-bond donors (Lipinski definition) is 1. The van der Waals surface area contributed by atoms with E-state index in [9.17, 15) is 22.4 Å². The zero-order valence-electron chi connectivity index (χ0n) is 24.9. The standard InChI is InChI=1S/C34H34Cl2FN3O4S/c1-3-20-38-34(42)32(21-25-8-5-4-6-9-25)39(22-29-30(35)10-7-11-31(29)36)33(41)23-40(27-16-12-24(2)13-17-27)45(43,44)28-18-14-26(37)15-19-28/h4-19,32H,3,20-23H2,1-2H3,(H,38,42)/t32-/m1/s1. The third-order valence-electron chi connectivity index (χ3n) is 7.21. The Kier molecular flexibility index (Phi) is 11.6. The highest BCUT2D eigenvalue weighted by Crippen LogP contribution is 2.29. The van der Waals surface area contributed by atoms with E-state index in [1.807, 2.05) is 44.2 Å². The van der Waals surface area contributed by atoms with Crippen molar-refractivity contribution in [1.29, 1.82) is 0 Å². The van der Waals surface area contributed by atoms with Crippen LogP contribution in [0.5, 0.6) is 0 Å². The van der Waals surface area contributed by atoms with Gasteiger partial charge in [0.05, 0.1) is 10.6 Å². The lowest BCUT2D eigenvalue weighted by molar-refractivity contribution is -0.140. The molecule has 0 aliphatic carbocycles. The molecular weight excluding hydrogens is 636 g/mol. The second-order valence-corrected chi connectivity index (χ2v) is 13.2. The number of aryl methyl sites for hydroxylation is 1. The number of carbonyl (C=O) groups excluding carboxylic acids is 2. The Bertz CT molecular complexity index is 1700. The van der Waals surface area contributed by atoms with E-state index in [4.69, 9.17) is 23.2 Å². The van der Waals surface area contributed by atoms with Crippen molar-refractivity contribution >= 4 is 50.7 Å². The number of benzene rings is 4. The van der Waals surface area contributed by atoms with Crippen LogP contribution in [0.15, 0.2) is 102 Å². The summed E-state index contributed by atoms with van der Waals surface area (Å²) in [7, 11) is -4.35. The van der Waals surface area contributed by atoms with Gasteiger partial charge < -0.3 is 10.2 Å². The molecule has 4 rings (SSSR count). The smallest absolute Gasteiger partial charge is 0.264 e. The van der Waals surface area contributed by atoms with Gasteiger partial charge in [0.15, 0.2) is 0 Å². The molecule has 0 heterocycles. The Hall–Kier alpha value is -3.92. The maximum Gasteiger partial charge on any atom is 0.264 e. The minimum absolute atomic E-state index is 0.152. The van der Waals surface area contributed by atoms with Crippen LogP contribution in [0.1, 0.15) is 30.0 Å². The van der Waals surface area contributed by atoms with Gasteiger partial charge in [0.1, 0.15) is 18.4 Å². The first-order valence-electron chi connectivity index (χ1n) is 14.4. The van der Waals surface area contributed by atoms with E-state index in [1.165, 1.54) is 4.90 Å². The lowest BCUT2D eigenvalue weighted by Gasteiger charge is -2.34. The molecular formula is C34H34Cl2FN3O4S. The van der Waals surface area contributed by atoms with Crippen LogP contribution in [-0.2, 0) is 32.6 Å². The molecule has 2 amide bonds. The van der Waals surface area contributed by atoms with E-state index in [0.29, 0.717) is 28.6 Å². The predicted molar refractivity (Wildman–Crippen MR) is 176 cm³/mol. The van der Waals surface area contributed by atoms with Crippen LogP contribution < -0.4 is 9.62 Å². The summed E-state index contributed by atoms with van der Waals surface area (Å²) in [4.78, 5) is 29.3. The van der Waals surface area contributed by atoms with Crippen molar-refractivity contribution in [2.75, 3.05) is 17.4 Å². The normalized spacial score (nSPS) is 11.9. The number of amides is 2. The largest absolute Gasteiger partial charge is 0.354 e. The van der Waals surface area contributed by atoms with Gasteiger partial charge in [0.25, 0.3) is 10.0 Å². The maximum absolute atomic E-state index is 14.5. The lowest BCUT2D eigenvalue weighted by Crippen LogP contribution is -2.53. The number of anilines is 1. The molecule has 45 heavy (non-hydrogen) atoms. The Morgan fingerprint density at radius 2 is 1.49 bits per heavy atom. The van der Waals surface area contributed by atoms with Crippen molar-refractivity contribution in [1.82, 2.24) is 10.2 Å². The molecule has 0 saturated carbocycles. The number of halogens is 3. The first-order valence-corrected chi connectivity index (χ1v) is 16.6. The van der Waals surface area contributed by atoms with Crippen LogP contribution in [0.3, 0.4) is 0 Å². The quantitative estimate of drug-likeness (QED) is 0.170. The zero-order chi connectivity index (χ0) is 32.6.